The Hall–Kier alpha value is -2.78. The van der Waals surface area contributed by atoms with Crippen LogP contribution < -0.4 is 10.6 Å². The molecule has 0 aliphatic rings. The van der Waals surface area contributed by atoms with Crippen LogP contribution in [0.15, 0.2) is 46.3 Å². The van der Waals surface area contributed by atoms with E-state index in [1.165, 1.54) is 4.90 Å². The maximum Gasteiger partial charge on any atom is 0.253 e. The molecule has 2 N–H and O–H groups in total. The molecule has 0 fully saturated rings. The normalized spacial score (nSPS) is 10.4. The molecule has 0 aliphatic heterocycles. The highest BCUT2D eigenvalue weighted by Gasteiger charge is 2.10. The molecule has 0 saturated heterocycles. The number of nitrogens with zero attached hydrogens (tertiary/aromatic N) is 3. The van der Waals surface area contributed by atoms with Crippen LogP contribution in [-0.4, -0.2) is 40.2 Å². The predicted molar refractivity (Wildman–Crippen MR) is 105 cm³/mol. The topological polar surface area (TPSA) is 83.3 Å². The standard InChI is InChI=1S/C17H17N5O2S2/c1-22(2)16(23)11-5-7-12(8-6-11)19-17(25)18-10-14-20-15(21-24-14)13-4-3-9-26-13/h3-9H,10H2,1-2H3,(H2,18,19,25). The van der Waals surface area contributed by atoms with Crippen molar-refractivity contribution < 1.29 is 9.32 Å². The Labute approximate surface area is 160 Å². The number of anilines is 1. The van der Waals surface area contributed by atoms with Crippen LogP contribution in [0, 0.1) is 0 Å². The van der Waals surface area contributed by atoms with Gasteiger partial charge in [0, 0.05) is 25.3 Å². The van der Waals surface area contributed by atoms with Crippen LogP contribution in [0.4, 0.5) is 5.69 Å². The lowest BCUT2D eigenvalue weighted by Crippen LogP contribution is -2.28. The lowest BCUT2D eigenvalue weighted by molar-refractivity contribution is 0.0827. The first-order valence-electron chi connectivity index (χ1n) is 7.76. The summed E-state index contributed by atoms with van der Waals surface area (Å²) in [6, 6.07) is 11.0. The number of hydrogen-bond acceptors (Lipinski definition) is 6. The molecule has 0 spiro atoms. The van der Waals surface area contributed by atoms with Gasteiger partial charge >= 0.3 is 0 Å². The van der Waals surface area contributed by atoms with Crippen LogP contribution >= 0.6 is 23.6 Å². The zero-order valence-corrected chi connectivity index (χ0v) is 15.9. The van der Waals surface area contributed by atoms with E-state index in [0.29, 0.717) is 28.9 Å². The molecule has 9 heteroatoms. The van der Waals surface area contributed by atoms with Gasteiger partial charge in [0.15, 0.2) is 5.11 Å². The summed E-state index contributed by atoms with van der Waals surface area (Å²) >= 11 is 6.81. The van der Waals surface area contributed by atoms with Crippen molar-refractivity contribution in [3.05, 3.63) is 53.2 Å². The SMILES string of the molecule is CN(C)C(=O)c1ccc(NC(=S)NCc2nc(-c3cccs3)no2)cc1. The lowest BCUT2D eigenvalue weighted by atomic mass is 10.2. The minimum Gasteiger partial charge on any atom is -0.353 e. The molecule has 0 bridgehead atoms. The van der Waals surface area contributed by atoms with Crippen molar-refractivity contribution in [2.24, 2.45) is 0 Å². The molecule has 2 aromatic heterocycles. The van der Waals surface area contributed by atoms with Crippen LogP contribution in [0.1, 0.15) is 16.2 Å². The summed E-state index contributed by atoms with van der Waals surface area (Å²) in [5.41, 5.74) is 1.40. The summed E-state index contributed by atoms with van der Waals surface area (Å²) in [6.45, 7) is 0.321. The van der Waals surface area contributed by atoms with Crippen molar-refractivity contribution >= 4 is 40.3 Å². The molecule has 0 atom stereocenters. The number of carbonyl (C=O) groups excluding carboxylic acids is 1. The first kappa shape index (κ1) is 18.0. The minimum absolute atomic E-state index is 0.0461. The van der Waals surface area contributed by atoms with Crippen LogP contribution in [0.2, 0.25) is 0 Å². The van der Waals surface area contributed by atoms with Gasteiger partial charge in [-0.3, -0.25) is 4.79 Å². The summed E-state index contributed by atoms with van der Waals surface area (Å²) in [5.74, 6) is 0.969. The molecule has 0 aliphatic carbocycles. The van der Waals surface area contributed by atoms with E-state index in [4.69, 9.17) is 16.7 Å². The van der Waals surface area contributed by atoms with E-state index < -0.39 is 0 Å². The fourth-order valence-electron chi connectivity index (χ4n) is 2.12. The smallest absolute Gasteiger partial charge is 0.253 e. The van der Waals surface area contributed by atoms with E-state index in [0.717, 1.165) is 10.6 Å². The molecule has 0 saturated carbocycles. The quantitative estimate of drug-likeness (QED) is 0.651. The lowest BCUT2D eigenvalue weighted by Gasteiger charge is -2.12. The van der Waals surface area contributed by atoms with E-state index >= 15 is 0 Å². The third kappa shape index (κ3) is 4.44. The van der Waals surface area contributed by atoms with Gasteiger partial charge in [0.2, 0.25) is 11.7 Å². The number of thiocarbonyl (C=S) groups is 1. The van der Waals surface area contributed by atoms with Crippen molar-refractivity contribution in [1.29, 1.82) is 0 Å². The Morgan fingerprint density at radius 3 is 2.69 bits per heavy atom. The monoisotopic (exact) mass is 387 g/mol. The number of rotatable bonds is 5. The van der Waals surface area contributed by atoms with Crippen molar-refractivity contribution in [1.82, 2.24) is 20.4 Å². The predicted octanol–water partition coefficient (Wildman–Crippen LogP) is 2.99. The number of hydrogen-bond donors (Lipinski definition) is 2. The summed E-state index contributed by atoms with van der Waals surface area (Å²) in [4.78, 5) is 18.7. The van der Waals surface area contributed by atoms with Crippen molar-refractivity contribution in [3.8, 4) is 10.7 Å². The number of benzene rings is 1. The average molecular weight is 387 g/mol. The Morgan fingerprint density at radius 1 is 1.27 bits per heavy atom. The molecule has 3 aromatic rings. The van der Waals surface area contributed by atoms with E-state index in [9.17, 15) is 4.79 Å². The molecule has 1 aromatic carbocycles. The highest BCUT2D eigenvalue weighted by Crippen LogP contribution is 2.21. The highest BCUT2D eigenvalue weighted by molar-refractivity contribution is 7.80. The largest absolute Gasteiger partial charge is 0.353 e. The summed E-state index contributed by atoms with van der Waals surface area (Å²) in [5, 5.41) is 12.4. The van der Waals surface area contributed by atoms with E-state index in [-0.39, 0.29) is 5.91 Å². The number of aromatic nitrogens is 2. The van der Waals surface area contributed by atoms with Crippen LogP contribution in [0.25, 0.3) is 10.7 Å². The van der Waals surface area contributed by atoms with Gasteiger partial charge in [0.05, 0.1) is 11.4 Å². The van der Waals surface area contributed by atoms with E-state index in [1.807, 2.05) is 17.5 Å². The van der Waals surface area contributed by atoms with Gasteiger partial charge in [-0.25, -0.2) is 0 Å². The zero-order chi connectivity index (χ0) is 18.5. The Bertz CT molecular complexity index is 888. The summed E-state index contributed by atoms with van der Waals surface area (Å²) in [7, 11) is 3.43. The maximum atomic E-state index is 11.9. The molecule has 0 unspecified atom stereocenters. The van der Waals surface area contributed by atoms with Gasteiger partial charge < -0.3 is 20.1 Å². The fourth-order valence-corrected chi connectivity index (χ4v) is 2.96. The number of amides is 1. The first-order valence-corrected chi connectivity index (χ1v) is 9.05. The second-order valence-electron chi connectivity index (χ2n) is 5.57. The van der Waals surface area contributed by atoms with Gasteiger partial charge in [-0.2, -0.15) is 4.98 Å². The Kier molecular flexibility index (Phi) is 5.59. The summed E-state index contributed by atoms with van der Waals surface area (Å²) in [6.07, 6.45) is 0. The Morgan fingerprint density at radius 2 is 2.04 bits per heavy atom. The molecular formula is C17H17N5O2S2. The van der Waals surface area contributed by atoms with E-state index in [1.54, 1.807) is 49.7 Å². The van der Waals surface area contributed by atoms with Crippen LogP contribution in [-0.2, 0) is 6.54 Å². The molecule has 2 heterocycles. The highest BCUT2D eigenvalue weighted by atomic mass is 32.1. The molecule has 7 nitrogen and oxygen atoms in total. The molecule has 1 amide bonds. The van der Waals surface area contributed by atoms with Crippen LogP contribution in [0.5, 0.6) is 0 Å². The third-order valence-corrected chi connectivity index (χ3v) is 4.52. The molecule has 26 heavy (non-hydrogen) atoms. The van der Waals surface area contributed by atoms with Crippen LogP contribution in [0.3, 0.4) is 0 Å². The molecule has 3 rings (SSSR count). The van der Waals surface area contributed by atoms with Gasteiger partial charge in [0.25, 0.3) is 5.91 Å². The molecule has 134 valence electrons. The van der Waals surface area contributed by atoms with Crippen molar-refractivity contribution in [3.63, 3.8) is 0 Å². The average Bonchev–Trinajstić information content (AvgIpc) is 3.31. The number of carbonyl (C=O) groups is 1. The second-order valence-corrected chi connectivity index (χ2v) is 6.93. The second kappa shape index (κ2) is 8.07. The van der Waals surface area contributed by atoms with Crippen molar-refractivity contribution in [2.75, 3.05) is 19.4 Å². The molecular weight excluding hydrogens is 370 g/mol. The summed E-state index contributed by atoms with van der Waals surface area (Å²) < 4.78 is 5.21. The van der Waals surface area contributed by atoms with Crippen molar-refractivity contribution in [2.45, 2.75) is 6.54 Å². The fraction of sp³-hybridized carbons (Fsp3) is 0.176. The van der Waals surface area contributed by atoms with Gasteiger partial charge in [-0.05, 0) is 47.9 Å². The van der Waals surface area contributed by atoms with Gasteiger partial charge in [-0.15, -0.1) is 11.3 Å². The van der Waals surface area contributed by atoms with E-state index in [2.05, 4.69) is 20.8 Å². The third-order valence-electron chi connectivity index (χ3n) is 3.41. The minimum atomic E-state index is -0.0461. The first-order chi connectivity index (χ1) is 12.5. The van der Waals surface area contributed by atoms with Gasteiger partial charge in [0.1, 0.15) is 0 Å². The zero-order valence-electron chi connectivity index (χ0n) is 14.2. The maximum absolute atomic E-state index is 11.9. The van der Waals surface area contributed by atoms with Gasteiger partial charge in [-0.1, -0.05) is 11.2 Å². The number of nitrogens with one attached hydrogen (secondary N) is 2. The Balaban J connectivity index is 1.52. The number of thiophene rings is 1. The molecule has 0 radical (unpaired) electrons.